The third kappa shape index (κ3) is 0.671. The van der Waals surface area contributed by atoms with E-state index in [1.54, 1.807) is 6.20 Å². The predicted octanol–water partition coefficient (Wildman–Crippen LogP) is 0.322. The Hall–Kier alpha value is -0.830. The van der Waals surface area contributed by atoms with Gasteiger partial charge in [-0.25, -0.2) is 0 Å². The maximum atomic E-state index is 8.84. The summed E-state index contributed by atoms with van der Waals surface area (Å²) >= 11 is 0. The normalized spacial score (nSPS) is 15.7. The van der Waals surface area contributed by atoms with Crippen molar-refractivity contribution in [2.75, 3.05) is 0 Å². The van der Waals surface area contributed by atoms with Crippen LogP contribution in [-0.2, 0) is 19.6 Å². The van der Waals surface area contributed by atoms with Crippen LogP contribution in [-0.4, -0.2) is 14.9 Å². The summed E-state index contributed by atoms with van der Waals surface area (Å²) in [5, 5.41) is 13.0. The first kappa shape index (κ1) is 5.92. The zero-order valence-electron chi connectivity index (χ0n) is 5.75. The molecule has 2 heterocycles. The van der Waals surface area contributed by atoms with Gasteiger partial charge in [-0.05, 0) is 12.8 Å². The number of hydrogen-bond donors (Lipinski definition) is 1. The molecular weight excluding hydrogens is 128 g/mol. The molecule has 54 valence electrons. The highest BCUT2D eigenvalue weighted by Gasteiger charge is 2.14. The van der Waals surface area contributed by atoms with Crippen LogP contribution in [0.5, 0.6) is 0 Å². The molecule has 0 saturated heterocycles. The minimum Gasteiger partial charge on any atom is -0.392 e. The third-order valence-corrected chi connectivity index (χ3v) is 1.99. The number of aliphatic hydroxyl groups is 1. The van der Waals surface area contributed by atoms with Gasteiger partial charge in [0.15, 0.2) is 0 Å². The van der Waals surface area contributed by atoms with Crippen LogP contribution in [0.25, 0.3) is 0 Å². The highest BCUT2D eigenvalue weighted by molar-refractivity contribution is 5.18. The SMILES string of the molecule is OCc1cnn2c1CCC2. The van der Waals surface area contributed by atoms with Crippen LogP contribution in [0, 0.1) is 0 Å². The van der Waals surface area contributed by atoms with E-state index in [9.17, 15) is 0 Å². The van der Waals surface area contributed by atoms with E-state index in [2.05, 4.69) is 5.10 Å². The third-order valence-electron chi connectivity index (χ3n) is 1.99. The zero-order chi connectivity index (χ0) is 6.97. The van der Waals surface area contributed by atoms with Crippen LogP contribution >= 0.6 is 0 Å². The molecule has 2 rings (SSSR count). The van der Waals surface area contributed by atoms with E-state index in [1.807, 2.05) is 4.68 Å². The lowest BCUT2D eigenvalue weighted by Gasteiger charge is -1.93. The van der Waals surface area contributed by atoms with Crippen molar-refractivity contribution < 1.29 is 5.11 Å². The molecule has 0 atom stereocenters. The predicted molar refractivity (Wildman–Crippen MR) is 36.5 cm³/mol. The smallest absolute Gasteiger partial charge is 0.0715 e. The summed E-state index contributed by atoms with van der Waals surface area (Å²) in [6.45, 7) is 1.16. The van der Waals surface area contributed by atoms with Gasteiger partial charge in [0.1, 0.15) is 0 Å². The minimum atomic E-state index is 0.134. The summed E-state index contributed by atoms with van der Waals surface area (Å²) in [6.07, 6.45) is 4.01. The summed E-state index contributed by atoms with van der Waals surface area (Å²) < 4.78 is 1.98. The molecule has 1 aromatic heterocycles. The lowest BCUT2D eigenvalue weighted by molar-refractivity contribution is 0.280. The van der Waals surface area contributed by atoms with Gasteiger partial charge in [-0.1, -0.05) is 0 Å². The highest BCUT2D eigenvalue weighted by Crippen LogP contribution is 2.17. The van der Waals surface area contributed by atoms with Gasteiger partial charge in [-0.2, -0.15) is 5.10 Å². The van der Waals surface area contributed by atoms with Gasteiger partial charge in [0, 0.05) is 17.8 Å². The number of rotatable bonds is 1. The van der Waals surface area contributed by atoms with E-state index in [0.717, 1.165) is 18.5 Å². The van der Waals surface area contributed by atoms with Gasteiger partial charge in [-0.15, -0.1) is 0 Å². The maximum Gasteiger partial charge on any atom is 0.0715 e. The first-order valence-electron chi connectivity index (χ1n) is 3.56. The molecule has 0 radical (unpaired) electrons. The van der Waals surface area contributed by atoms with Gasteiger partial charge in [0.25, 0.3) is 0 Å². The minimum absolute atomic E-state index is 0.134. The molecular formula is C7H10N2O. The lowest BCUT2D eigenvalue weighted by Crippen LogP contribution is -1.94. The Morgan fingerprint density at radius 3 is 3.40 bits per heavy atom. The maximum absolute atomic E-state index is 8.84. The Morgan fingerprint density at radius 2 is 2.60 bits per heavy atom. The van der Waals surface area contributed by atoms with E-state index in [-0.39, 0.29) is 6.61 Å². The molecule has 0 bridgehead atoms. The van der Waals surface area contributed by atoms with Gasteiger partial charge < -0.3 is 5.11 Å². The molecule has 3 nitrogen and oxygen atoms in total. The molecule has 1 N–H and O–H groups in total. The summed E-state index contributed by atoms with van der Waals surface area (Å²) in [5.41, 5.74) is 2.22. The van der Waals surface area contributed by atoms with Crippen LogP contribution in [0.2, 0.25) is 0 Å². The first-order chi connectivity index (χ1) is 4.92. The number of aryl methyl sites for hydroxylation is 1. The summed E-state index contributed by atoms with van der Waals surface area (Å²) in [7, 11) is 0. The number of aromatic nitrogens is 2. The van der Waals surface area contributed by atoms with Crippen molar-refractivity contribution in [1.82, 2.24) is 9.78 Å². The van der Waals surface area contributed by atoms with E-state index < -0.39 is 0 Å². The number of nitrogens with zero attached hydrogens (tertiary/aromatic N) is 2. The summed E-state index contributed by atoms with van der Waals surface area (Å²) in [4.78, 5) is 0. The topological polar surface area (TPSA) is 38.1 Å². The van der Waals surface area contributed by atoms with Crippen molar-refractivity contribution in [1.29, 1.82) is 0 Å². The molecule has 0 fully saturated rings. The van der Waals surface area contributed by atoms with Gasteiger partial charge in [0.2, 0.25) is 0 Å². The Balaban J connectivity index is 2.44. The van der Waals surface area contributed by atoms with Crippen LogP contribution in [0.3, 0.4) is 0 Å². The van der Waals surface area contributed by atoms with E-state index in [4.69, 9.17) is 5.11 Å². The van der Waals surface area contributed by atoms with E-state index >= 15 is 0 Å². The molecule has 0 unspecified atom stereocenters. The first-order valence-corrected chi connectivity index (χ1v) is 3.56. The average Bonchev–Trinajstić information content (AvgIpc) is 2.44. The second-order valence-corrected chi connectivity index (χ2v) is 2.60. The lowest BCUT2D eigenvalue weighted by atomic mass is 10.2. The van der Waals surface area contributed by atoms with Crippen molar-refractivity contribution in [2.45, 2.75) is 26.0 Å². The van der Waals surface area contributed by atoms with Crippen LogP contribution in [0.1, 0.15) is 17.7 Å². The molecule has 0 aromatic carbocycles. The molecule has 0 aliphatic carbocycles. The number of hydrogen-bond acceptors (Lipinski definition) is 2. The molecule has 1 aliphatic heterocycles. The standard InChI is InChI=1S/C7H10N2O/c10-5-6-4-8-9-3-1-2-7(6)9/h4,10H,1-3,5H2. The van der Waals surface area contributed by atoms with Crippen molar-refractivity contribution in [3.05, 3.63) is 17.5 Å². The zero-order valence-corrected chi connectivity index (χ0v) is 5.75. The summed E-state index contributed by atoms with van der Waals surface area (Å²) in [6, 6.07) is 0. The molecule has 1 aliphatic rings. The van der Waals surface area contributed by atoms with Gasteiger partial charge in [0.05, 0.1) is 12.8 Å². The van der Waals surface area contributed by atoms with E-state index in [0.29, 0.717) is 0 Å². The van der Waals surface area contributed by atoms with Crippen molar-refractivity contribution in [3.63, 3.8) is 0 Å². The molecule has 1 aromatic rings. The van der Waals surface area contributed by atoms with E-state index in [1.165, 1.54) is 12.1 Å². The molecule has 0 amide bonds. The van der Waals surface area contributed by atoms with Crippen LogP contribution < -0.4 is 0 Å². The summed E-state index contributed by atoms with van der Waals surface area (Å²) in [5.74, 6) is 0. The Bertz CT molecular complexity index is 242. The Kier molecular flexibility index (Phi) is 1.24. The van der Waals surface area contributed by atoms with Crippen molar-refractivity contribution >= 4 is 0 Å². The fourth-order valence-electron chi connectivity index (χ4n) is 1.46. The fourth-order valence-corrected chi connectivity index (χ4v) is 1.46. The fraction of sp³-hybridized carbons (Fsp3) is 0.571. The van der Waals surface area contributed by atoms with Crippen molar-refractivity contribution in [3.8, 4) is 0 Å². The Morgan fingerprint density at radius 1 is 1.70 bits per heavy atom. The molecule has 0 spiro atoms. The Labute approximate surface area is 59.3 Å². The van der Waals surface area contributed by atoms with Gasteiger partial charge >= 0.3 is 0 Å². The molecule has 3 heteroatoms. The van der Waals surface area contributed by atoms with Crippen LogP contribution in [0.15, 0.2) is 6.20 Å². The van der Waals surface area contributed by atoms with Crippen LogP contribution in [0.4, 0.5) is 0 Å². The molecule has 0 saturated carbocycles. The van der Waals surface area contributed by atoms with Gasteiger partial charge in [-0.3, -0.25) is 4.68 Å². The van der Waals surface area contributed by atoms with Crippen molar-refractivity contribution in [2.24, 2.45) is 0 Å². The second-order valence-electron chi connectivity index (χ2n) is 2.60. The number of aliphatic hydroxyl groups excluding tert-OH is 1. The highest BCUT2D eigenvalue weighted by atomic mass is 16.3. The average molecular weight is 138 g/mol. The quantitative estimate of drug-likeness (QED) is 0.607. The largest absolute Gasteiger partial charge is 0.392 e. The number of fused-ring (bicyclic) bond motifs is 1. The molecule has 10 heavy (non-hydrogen) atoms. The second kappa shape index (κ2) is 2.09. The monoisotopic (exact) mass is 138 g/mol.